The second-order valence-corrected chi connectivity index (χ2v) is 5.23. The highest BCUT2D eigenvalue weighted by atomic mass is 35.5. The number of benzene rings is 1. The van der Waals surface area contributed by atoms with Crippen LogP contribution in [0.4, 0.5) is 5.69 Å². The smallest absolute Gasteiger partial charge is 0.236 e. The zero-order chi connectivity index (χ0) is 12.5. The Labute approximate surface area is 112 Å². The van der Waals surface area contributed by atoms with Crippen LogP contribution in [0.15, 0.2) is 24.3 Å². The number of nitrogens with zero attached hydrogens (tertiary/aromatic N) is 2. The number of piperazine rings is 2. The highest BCUT2D eigenvalue weighted by Gasteiger charge is 2.32. The summed E-state index contributed by atoms with van der Waals surface area (Å²) in [6.07, 6.45) is 0. The summed E-state index contributed by atoms with van der Waals surface area (Å²) in [6, 6.07) is 8.18. The molecular weight excluding hydrogens is 250 g/mol. The molecule has 3 rings (SSSR count). The largest absolute Gasteiger partial charge is 0.368 e. The highest BCUT2D eigenvalue weighted by molar-refractivity contribution is 6.30. The molecule has 2 heterocycles. The molecule has 1 N–H and O–H groups in total. The molecule has 2 saturated heterocycles. The molecule has 1 amide bonds. The molecule has 2 aliphatic heterocycles. The van der Waals surface area contributed by atoms with Gasteiger partial charge >= 0.3 is 0 Å². The van der Waals surface area contributed by atoms with Gasteiger partial charge in [-0.3, -0.25) is 4.79 Å². The van der Waals surface area contributed by atoms with E-state index < -0.39 is 0 Å². The van der Waals surface area contributed by atoms with Crippen molar-refractivity contribution in [2.24, 2.45) is 0 Å². The predicted molar refractivity (Wildman–Crippen MR) is 72.0 cm³/mol. The molecule has 1 aromatic rings. The van der Waals surface area contributed by atoms with Crippen LogP contribution in [0.5, 0.6) is 0 Å². The van der Waals surface area contributed by atoms with Crippen LogP contribution in [0, 0.1) is 0 Å². The van der Waals surface area contributed by atoms with E-state index >= 15 is 0 Å². The van der Waals surface area contributed by atoms with Crippen molar-refractivity contribution in [1.82, 2.24) is 10.2 Å². The molecular formula is C13H16ClN3O. The molecule has 1 atom stereocenters. The van der Waals surface area contributed by atoms with Crippen molar-refractivity contribution in [3.05, 3.63) is 29.3 Å². The molecule has 1 aromatic carbocycles. The van der Waals surface area contributed by atoms with Crippen LogP contribution in [-0.4, -0.2) is 49.6 Å². The van der Waals surface area contributed by atoms with E-state index in [1.54, 1.807) is 0 Å². The summed E-state index contributed by atoms with van der Waals surface area (Å²) in [5.41, 5.74) is 1.14. The maximum Gasteiger partial charge on any atom is 0.236 e. The average molecular weight is 266 g/mol. The van der Waals surface area contributed by atoms with Gasteiger partial charge < -0.3 is 15.1 Å². The number of hydrogen-bond donors (Lipinski definition) is 1. The van der Waals surface area contributed by atoms with Gasteiger partial charge in [0.05, 0.1) is 12.6 Å². The van der Waals surface area contributed by atoms with Gasteiger partial charge in [0.2, 0.25) is 5.91 Å². The molecule has 5 heteroatoms. The van der Waals surface area contributed by atoms with Gasteiger partial charge in [-0.2, -0.15) is 0 Å². The fourth-order valence-corrected chi connectivity index (χ4v) is 2.90. The standard InChI is InChI=1S/C13H16ClN3O/c14-10-2-1-3-11(6-10)16-4-5-17-12(9-16)7-15-8-13(17)18/h1-3,6,12,15H,4-5,7-9H2. The zero-order valence-corrected chi connectivity index (χ0v) is 10.9. The molecule has 1 unspecified atom stereocenters. The van der Waals surface area contributed by atoms with Gasteiger partial charge in [-0.15, -0.1) is 0 Å². The first-order chi connectivity index (χ1) is 8.74. The Morgan fingerprint density at radius 2 is 2.22 bits per heavy atom. The Bertz CT molecular complexity index is 465. The van der Waals surface area contributed by atoms with Crippen molar-refractivity contribution < 1.29 is 4.79 Å². The van der Waals surface area contributed by atoms with E-state index in [-0.39, 0.29) is 11.9 Å². The maximum absolute atomic E-state index is 11.7. The summed E-state index contributed by atoms with van der Waals surface area (Å²) in [6.45, 7) is 3.91. The minimum atomic E-state index is 0.219. The van der Waals surface area contributed by atoms with Crippen LogP contribution in [0.2, 0.25) is 5.02 Å². The zero-order valence-electron chi connectivity index (χ0n) is 10.1. The summed E-state index contributed by atoms with van der Waals surface area (Å²) >= 11 is 6.02. The van der Waals surface area contributed by atoms with Crippen LogP contribution in [0.25, 0.3) is 0 Å². The first-order valence-corrected chi connectivity index (χ1v) is 6.62. The number of rotatable bonds is 1. The Kier molecular flexibility index (Phi) is 3.14. The van der Waals surface area contributed by atoms with Crippen LogP contribution in [0.1, 0.15) is 0 Å². The summed E-state index contributed by atoms with van der Waals surface area (Å²) in [7, 11) is 0. The second-order valence-electron chi connectivity index (χ2n) is 4.80. The summed E-state index contributed by atoms with van der Waals surface area (Å²) in [4.78, 5) is 16.0. The van der Waals surface area contributed by atoms with E-state index in [1.165, 1.54) is 0 Å². The summed E-state index contributed by atoms with van der Waals surface area (Å²) in [5, 5.41) is 3.93. The van der Waals surface area contributed by atoms with E-state index in [0.29, 0.717) is 6.54 Å². The van der Waals surface area contributed by atoms with Crippen molar-refractivity contribution >= 4 is 23.2 Å². The normalized spacial score (nSPS) is 24.1. The molecule has 0 bridgehead atoms. The van der Waals surface area contributed by atoms with E-state index in [1.807, 2.05) is 23.1 Å². The molecule has 96 valence electrons. The number of amides is 1. The van der Waals surface area contributed by atoms with E-state index in [2.05, 4.69) is 16.3 Å². The van der Waals surface area contributed by atoms with Gasteiger partial charge in [0.25, 0.3) is 0 Å². The fourth-order valence-electron chi connectivity index (χ4n) is 2.71. The van der Waals surface area contributed by atoms with Crippen LogP contribution < -0.4 is 10.2 Å². The maximum atomic E-state index is 11.7. The van der Waals surface area contributed by atoms with E-state index in [4.69, 9.17) is 11.6 Å². The summed E-state index contributed by atoms with van der Waals surface area (Å²) in [5.74, 6) is 0.219. The quantitative estimate of drug-likeness (QED) is 0.822. The molecule has 0 radical (unpaired) electrons. The van der Waals surface area contributed by atoms with Gasteiger partial charge in [0, 0.05) is 36.9 Å². The third-order valence-electron chi connectivity index (χ3n) is 3.63. The lowest BCUT2D eigenvalue weighted by atomic mass is 10.1. The van der Waals surface area contributed by atoms with E-state index in [0.717, 1.165) is 36.9 Å². The number of carbonyl (C=O) groups is 1. The van der Waals surface area contributed by atoms with E-state index in [9.17, 15) is 4.79 Å². The van der Waals surface area contributed by atoms with Crippen LogP contribution >= 0.6 is 11.6 Å². The first-order valence-electron chi connectivity index (χ1n) is 6.25. The number of anilines is 1. The number of nitrogens with one attached hydrogen (secondary N) is 1. The Morgan fingerprint density at radius 3 is 3.06 bits per heavy atom. The molecule has 18 heavy (non-hydrogen) atoms. The molecule has 0 aliphatic carbocycles. The lowest BCUT2D eigenvalue weighted by molar-refractivity contribution is -0.135. The molecule has 4 nitrogen and oxygen atoms in total. The van der Waals surface area contributed by atoms with Crippen molar-refractivity contribution in [3.63, 3.8) is 0 Å². The highest BCUT2D eigenvalue weighted by Crippen LogP contribution is 2.23. The SMILES string of the molecule is O=C1CNCC2CN(c3cccc(Cl)c3)CCN12. The monoisotopic (exact) mass is 265 g/mol. The van der Waals surface area contributed by atoms with Crippen molar-refractivity contribution in [2.75, 3.05) is 37.6 Å². The fraction of sp³-hybridized carbons (Fsp3) is 0.462. The minimum absolute atomic E-state index is 0.219. The molecule has 0 spiro atoms. The third-order valence-corrected chi connectivity index (χ3v) is 3.87. The Balaban J connectivity index is 1.76. The van der Waals surface area contributed by atoms with Crippen molar-refractivity contribution in [2.45, 2.75) is 6.04 Å². The van der Waals surface area contributed by atoms with Crippen molar-refractivity contribution in [1.29, 1.82) is 0 Å². The number of hydrogen-bond acceptors (Lipinski definition) is 3. The number of fused-ring (bicyclic) bond motifs is 1. The number of halogens is 1. The van der Waals surface area contributed by atoms with Gasteiger partial charge in [0.15, 0.2) is 0 Å². The topological polar surface area (TPSA) is 35.6 Å². The summed E-state index contributed by atoms with van der Waals surface area (Å²) < 4.78 is 0. The molecule has 0 aromatic heterocycles. The minimum Gasteiger partial charge on any atom is -0.368 e. The van der Waals surface area contributed by atoms with Gasteiger partial charge in [-0.1, -0.05) is 17.7 Å². The molecule has 0 saturated carbocycles. The van der Waals surface area contributed by atoms with Crippen molar-refractivity contribution in [3.8, 4) is 0 Å². The lowest BCUT2D eigenvalue weighted by Crippen LogP contribution is -2.63. The molecule has 2 fully saturated rings. The van der Waals surface area contributed by atoms with Gasteiger partial charge in [-0.05, 0) is 18.2 Å². The number of carbonyl (C=O) groups excluding carboxylic acids is 1. The third kappa shape index (κ3) is 2.18. The molecule has 2 aliphatic rings. The Morgan fingerprint density at radius 1 is 1.33 bits per heavy atom. The van der Waals surface area contributed by atoms with Gasteiger partial charge in [-0.25, -0.2) is 0 Å². The first kappa shape index (κ1) is 11.8. The Hall–Kier alpha value is -1.26. The second kappa shape index (κ2) is 4.78. The van der Waals surface area contributed by atoms with Crippen LogP contribution in [-0.2, 0) is 4.79 Å². The predicted octanol–water partition coefficient (Wildman–Crippen LogP) is 0.960. The average Bonchev–Trinajstić information content (AvgIpc) is 2.39. The van der Waals surface area contributed by atoms with Crippen LogP contribution in [0.3, 0.4) is 0 Å². The lowest BCUT2D eigenvalue weighted by Gasteiger charge is -2.45. The van der Waals surface area contributed by atoms with Gasteiger partial charge in [0.1, 0.15) is 0 Å².